The SMILES string of the molecule is Cc1ccc(NCc2ccc(C)nc2)c(Br)c1. The number of nitrogens with one attached hydrogen (secondary N) is 1. The van der Waals surface area contributed by atoms with E-state index in [1.807, 2.05) is 19.2 Å². The maximum atomic E-state index is 4.28. The zero-order valence-corrected chi connectivity index (χ0v) is 11.6. The smallest absolute Gasteiger partial charge is 0.0487 e. The third-order valence-electron chi connectivity index (χ3n) is 2.58. The summed E-state index contributed by atoms with van der Waals surface area (Å²) in [5.41, 5.74) is 4.59. The maximum Gasteiger partial charge on any atom is 0.0487 e. The van der Waals surface area contributed by atoms with Crippen LogP contribution in [0.3, 0.4) is 0 Å². The average molecular weight is 291 g/mol. The Kier molecular flexibility index (Phi) is 3.79. The number of hydrogen-bond donors (Lipinski definition) is 1. The molecular weight excluding hydrogens is 276 g/mol. The van der Waals surface area contributed by atoms with Crippen LogP contribution in [0.25, 0.3) is 0 Å². The fourth-order valence-corrected chi connectivity index (χ4v) is 2.20. The first-order chi connectivity index (χ1) is 8.15. The molecule has 0 radical (unpaired) electrons. The summed E-state index contributed by atoms with van der Waals surface area (Å²) in [5, 5.41) is 3.39. The highest BCUT2D eigenvalue weighted by atomic mass is 79.9. The molecule has 0 saturated heterocycles. The number of aromatic nitrogens is 1. The van der Waals surface area contributed by atoms with Crippen LogP contribution in [0.1, 0.15) is 16.8 Å². The van der Waals surface area contributed by atoms with Gasteiger partial charge < -0.3 is 5.32 Å². The summed E-state index contributed by atoms with van der Waals surface area (Å²) in [6.45, 7) is 4.86. The Hall–Kier alpha value is -1.35. The molecule has 2 nitrogen and oxygen atoms in total. The monoisotopic (exact) mass is 290 g/mol. The lowest BCUT2D eigenvalue weighted by atomic mass is 10.2. The first-order valence-electron chi connectivity index (χ1n) is 5.57. The van der Waals surface area contributed by atoms with Crippen molar-refractivity contribution in [2.45, 2.75) is 20.4 Å². The Morgan fingerprint density at radius 1 is 1.18 bits per heavy atom. The third-order valence-corrected chi connectivity index (χ3v) is 3.24. The van der Waals surface area contributed by atoms with E-state index in [4.69, 9.17) is 0 Å². The van der Waals surface area contributed by atoms with Crippen LogP contribution >= 0.6 is 15.9 Å². The Morgan fingerprint density at radius 2 is 2.00 bits per heavy atom. The van der Waals surface area contributed by atoms with Gasteiger partial charge in [0.05, 0.1) is 0 Å². The van der Waals surface area contributed by atoms with Gasteiger partial charge in [0.15, 0.2) is 0 Å². The van der Waals surface area contributed by atoms with Gasteiger partial charge >= 0.3 is 0 Å². The molecule has 0 amide bonds. The molecule has 0 spiro atoms. The standard InChI is InChI=1S/C14H15BrN2/c1-10-3-6-14(13(15)7-10)17-9-12-5-4-11(2)16-8-12/h3-8,17H,9H2,1-2H3. The molecule has 0 atom stereocenters. The minimum atomic E-state index is 0.787. The van der Waals surface area contributed by atoms with Crippen molar-refractivity contribution < 1.29 is 0 Å². The zero-order chi connectivity index (χ0) is 12.3. The quantitative estimate of drug-likeness (QED) is 0.922. The number of nitrogens with zero attached hydrogens (tertiary/aromatic N) is 1. The van der Waals surface area contributed by atoms with Crippen LogP contribution in [-0.4, -0.2) is 4.98 Å². The molecule has 88 valence electrons. The van der Waals surface area contributed by atoms with E-state index >= 15 is 0 Å². The van der Waals surface area contributed by atoms with Gasteiger partial charge in [0, 0.05) is 28.6 Å². The van der Waals surface area contributed by atoms with Crippen LogP contribution in [0.5, 0.6) is 0 Å². The van der Waals surface area contributed by atoms with Crippen LogP contribution in [0.15, 0.2) is 41.0 Å². The molecule has 3 heteroatoms. The second-order valence-corrected chi connectivity index (χ2v) is 5.00. The molecule has 0 unspecified atom stereocenters. The normalized spacial score (nSPS) is 10.3. The van der Waals surface area contributed by atoms with Gasteiger partial charge in [-0.25, -0.2) is 0 Å². The summed E-state index contributed by atoms with van der Waals surface area (Å²) < 4.78 is 1.09. The molecule has 0 fully saturated rings. The van der Waals surface area contributed by atoms with Crippen LogP contribution < -0.4 is 5.32 Å². The molecule has 2 aromatic rings. The molecule has 1 aromatic carbocycles. The van der Waals surface area contributed by atoms with Crippen molar-refractivity contribution in [1.29, 1.82) is 0 Å². The number of aryl methyl sites for hydroxylation is 2. The van der Waals surface area contributed by atoms with E-state index in [0.717, 1.165) is 22.4 Å². The lowest BCUT2D eigenvalue weighted by Crippen LogP contribution is -2.00. The van der Waals surface area contributed by atoms with Crippen LogP contribution in [0.4, 0.5) is 5.69 Å². The van der Waals surface area contributed by atoms with Crippen molar-refractivity contribution in [2.24, 2.45) is 0 Å². The first kappa shape index (κ1) is 12.1. The van der Waals surface area contributed by atoms with Gasteiger partial charge in [-0.15, -0.1) is 0 Å². The second-order valence-electron chi connectivity index (χ2n) is 4.14. The topological polar surface area (TPSA) is 24.9 Å². The molecular formula is C14H15BrN2. The fourth-order valence-electron chi connectivity index (χ4n) is 1.56. The van der Waals surface area contributed by atoms with E-state index in [1.165, 1.54) is 11.1 Å². The van der Waals surface area contributed by atoms with E-state index in [0.29, 0.717) is 0 Å². The van der Waals surface area contributed by atoms with E-state index in [-0.39, 0.29) is 0 Å². The highest BCUT2D eigenvalue weighted by molar-refractivity contribution is 9.10. The molecule has 1 heterocycles. The molecule has 0 bridgehead atoms. The molecule has 1 N–H and O–H groups in total. The summed E-state index contributed by atoms with van der Waals surface area (Å²) in [6, 6.07) is 10.4. The van der Waals surface area contributed by atoms with Crippen LogP contribution in [0.2, 0.25) is 0 Å². The van der Waals surface area contributed by atoms with E-state index < -0.39 is 0 Å². The molecule has 17 heavy (non-hydrogen) atoms. The minimum absolute atomic E-state index is 0.787. The number of halogens is 1. The van der Waals surface area contributed by atoms with Crippen LogP contribution in [-0.2, 0) is 6.54 Å². The van der Waals surface area contributed by atoms with Crippen molar-refractivity contribution in [1.82, 2.24) is 4.98 Å². The van der Waals surface area contributed by atoms with Gasteiger partial charge in [-0.1, -0.05) is 12.1 Å². The molecule has 1 aromatic heterocycles. The molecule has 2 rings (SSSR count). The van der Waals surface area contributed by atoms with Crippen molar-refractivity contribution in [2.75, 3.05) is 5.32 Å². The number of benzene rings is 1. The number of pyridine rings is 1. The zero-order valence-electron chi connectivity index (χ0n) is 10.00. The van der Waals surface area contributed by atoms with Gasteiger partial charge in [-0.3, -0.25) is 4.98 Å². The predicted molar refractivity (Wildman–Crippen MR) is 75.2 cm³/mol. The molecule has 0 aliphatic carbocycles. The Labute approximate surface area is 110 Å². The van der Waals surface area contributed by atoms with Gasteiger partial charge in [0.25, 0.3) is 0 Å². The van der Waals surface area contributed by atoms with Gasteiger partial charge in [0.1, 0.15) is 0 Å². The van der Waals surface area contributed by atoms with Crippen molar-refractivity contribution in [3.8, 4) is 0 Å². The average Bonchev–Trinajstić information content (AvgIpc) is 2.30. The highest BCUT2D eigenvalue weighted by Crippen LogP contribution is 2.23. The van der Waals surface area contributed by atoms with Crippen molar-refractivity contribution >= 4 is 21.6 Å². The largest absolute Gasteiger partial charge is 0.380 e. The Bertz CT molecular complexity index is 506. The maximum absolute atomic E-state index is 4.28. The van der Waals surface area contributed by atoms with E-state index in [1.54, 1.807) is 0 Å². The highest BCUT2D eigenvalue weighted by Gasteiger charge is 1.99. The Balaban J connectivity index is 2.04. The predicted octanol–water partition coefficient (Wildman–Crippen LogP) is 4.07. The van der Waals surface area contributed by atoms with Gasteiger partial charge in [0.2, 0.25) is 0 Å². The minimum Gasteiger partial charge on any atom is -0.380 e. The summed E-state index contributed by atoms with van der Waals surface area (Å²) in [6.07, 6.45) is 1.91. The number of anilines is 1. The van der Waals surface area contributed by atoms with E-state index in [2.05, 4.69) is 57.4 Å². The van der Waals surface area contributed by atoms with Gasteiger partial charge in [-0.2, -0.15) is 0 Å². The number of hydrogen-bond acceptors (Lipinski definition) is 2. The summed E-state index contributed by atoms with van der Waals surface area (Å²) >= 11 is 3.55. The summed E-state index contributed by atoms with van der Waals surface area (Å²) in [5.74, 6) is 0. The number of rotatable bonds is 3. The Morgan fingerprint density at radius 3 is 2.65 bits per heavy atom. The lowest BCUT2D eigenvalue weighted by molar-refractivity contribution is 1.08. The first-order valence-corrected chi connectivity index (χ1v) is 6.36. The molecule has 0 aliphatic rings. The molecule has 0 saturated carbocycles. The fraction of sp³-hybridized carbons (Fsp3) is 0.214. The molecule has 0 aliphatic heterocycles. The third kappa shape index (κ3) is 3.30. The second kappa shape index (κ2) is 5.32. The van der Waals surface area contributed by atoms with Gasteiger partial charge in [-0.05, 0) is 59.1 Å². The van der Waals surface area contributed by atoms with E-state index in [9.17, 15) is 0 Å². The van der Waals surface area contributed by atoms with Crippen molar-refractivity contribution in [3.63, 3.8) is 0 Å². The van der Waals surface area contributed by atoms with Crippen molar-refractivity contribution in [3.05, 3.63) is 57.8 Å². The summed E-state index contributed by atoms with van der Waals surface area (Å²) in [4.78, 5) is 4.28. The van der Waals surface area contributed by atoms with Crippen LogP contribution in [0, 0.1) is 13.8 Å². The lowest BCUT2D eigenvalue weighted by Gasteiger charge is -2.09. The summed E-state index contributed by atoms with van der Waals surface area (Å²) in [7, 11) is 0.